The first kappa shape index (κ1) is 15.5. The van der Waals surface area contributed by atoms with Crippen molar-refractivity contribution in [3.05, 3.63) is 34.4 Å². The normalized spacial score (nSPS) is 13.2. The SMILES string of the molecule is CCC(CCO)NS(=O)(=O)c1ccccc1[N+](=O)[O-]. The van der Waals surface area contributed by atoms with Gasteiger partial charge < -0.3 is 5.11 Å². The molecule has 1 aromatic rings. The topological polar surface area (TPSA) is 110 Å². The number of para-hydroxylation sites is 1. The van der Waals surface area contributed by atoms with E-state index < -0.39 is 26.7 Å². The number of nitro groups is 1. The molecule has 19 heavy (non-hydrogen) atoms. The third-order valence-electron chi connectivity index (χ3n) is 2.64. The molecule has 0 aliphatic heterocycles. The van der Waals surface area contributed by atoms with Gasteiger partial charge in [0.1, 0.15) is 0 Å². The zero-order valence-electron chi connectivity index (χ0n) is 10.4. The lowest BCUT2D eigenvalue weighted by Crippen LogP contribution is -2.35. The molecule has 0 amide bonds. The maximum atomic E-state index is 12.1. The summed E-state index contributed by atoms with van der Waals surface area (Å²) >= 11 is 0. The van der Waals surface area contributed by atoms with Gasteiger partial charge in [0.05, 0.1) is 4.92 Å². The Bertz CT molecular complexity index is 544. The fourth-order valence-electron chi connectivity index (χ4n) is 1.62. The number of rotatable bonds is 7. The van der Waals surface area contributed by atoms with Gasteiger partial charge in [-0.2, -0.15) is 0 Å². The molecular weight excluding hydrogens is 272 g/mol. The van der Waals surface area contributed by atoms with Crippen molar-refractivity contribution < 1.29 is 18.4 Å². The van der Waals surface area contributed by atoms with Crippen LogP contribution in [0.15, 0.2) is 29.2 Å². The second kappa shape index (κ2) is 6.60. The van der Waals surface area contributed by atoms with Crippen LogP contribution in [0.4, 0.5) is 5.69 Å². The van der Waals surface area contributed by atoms with E-state index in [4.69, 9.17) is 5.11 Å². The second-order valence-electron chi connectivity index (χ2n) is 3.96. The largest absolute Gasteiger partial charge is 0.396 e. The highest BCUT2D eigenvalue weighted by Gasteiger charge is 2.26. The third-order valence-corrected chi connectivity index (χ3v) is 4.21. The molecule has 7 nitrogen and oxygen atoms in total. The van der Waals surface area contributed by atoms with Crippen molar-refractivity contribution in [2.45, 2.75) is 30.7 Å². The molecular formula is C11H16N2O5S. The number of aliphatic hydroxyl groups excluding tert-OH is 1. The molecule has 106 valence electrons. The molecule has 0 aliphatic carbocycles. The average Bonchev–Trinajstić information content (AvgIpc) is 2.38. The lowest BCUT2D eigenvalue weighted by molar-refractivity contribution is -0.387. The Morgan fingerprint density at radius 2 is 2.05 bits per heavy atom. The van der Waals surface area contributed by atoms with Crippen LogP contribution in [0.25, 0.3) is 0 Å². The molecule has 0 aliphatic rings. The summed E-state index contributed by atoms with van der Waals surface area (Å²) in [5, 5.41) is 19.7. The molecule has 0 bridgehead atoms. The minimum absolute atomic E-state index is 0.155. The first-order valence-electron chi connectivity index (χ1n) is 5.79. The molecule has 0 spiro atoms. The molecule has 0 fully saturated rings. The number of hydrogen-bond acceptors (Lipinski definition) is 5. The van der Waals surface area contributed by atoms with E-state index in [1.54, 1.807) is 6.92 Å². The minimum Gasteiger partial charge on any atom is -0.396 e. The lowest BCUT2D eigenvalue weighted by Gasteiger charge is -2.15. The number of benzene rings is 1. The van der Waals surface area contributed by atoms with Crippen molar-refractivity contribution >= 4 is 15.7 Å². The summed E-state index contributed by atoms with van der Waals surface area (Å²) in [7, 11) is -3.97. The van der Waals surface area contributed by atoms with Crippen molar-refractivity contribution in [2.75, 3.05) is 6.61 Å². The van der Waals surface area contributed by atoms with Crippen LogP contribution in [0, 0.1) is 10.1 Å². The van der Waals surface area contributed by atoms with Crippen LogP contribution in [-0.2, 0) is 10.0 Å². The van der Waals surface area contributed by atoms with Crippen LogP contribution in [0.2, 0.25) is 0 Å². The van der Waals surface area contributed by atoms with Crippen molar-refractivity contribution in [1.82, 2.24) is 4.72 Å². The summed E-state index contributed by atoms with van der Waals surface area (Å²) in [6.07, 6.45) is 0.747. The van der Waals surface area contributed by atoms with Gasteiger partial charge in [0, 0.05) is 18.7 Å². The molecule has 1 rings (SSSR count). The highest BCUT2D eigenvalue weighted by Crippen LogP contribution is 2.23. The van der Waals surface area contributed by atoms with Crippen molar-refractivity contribution in [1.29, 1.82) is 0 Å². The molecule has 2 N–H and O–H groups in total. The standard InChI is InChI=1S/C11H16N2O5S/c1-2-9(7-8-14)12-19(17,18)11-6-4-3-5-10(11)13(15)16/h3-6,9,12,14H,2,7-8H2,1H3. The monoisotopic (exact) mass is 288 g/mol. The predicted molar refractivity (Wildman–Crippen MR) is 69.2 cm³/mol. The van der Waals surface area contributed by atoms with E-state index in [9.17, 15) is 18.5 Å². The number of nitrogens with one attached hydrogen (secondary N) is 1. The zero-order valence-corrected chi connectivity index (χ0v) is 11.3. The van der Waals surface area contributed by atoms with Crippen molar-refractivity contribution in [2.24, 2.45) is 0 Å². The first-order valence-corrected chi connectivity index (χ1v) is 7.27. The zero-order chi connectivity index (χ0) is 14.5. The predicted octanol–water partition coefficient (Wildman–Crippen LogP) is 1.03. The molecule has 8 heteroatoms. The molecule has 0 aromatic heterocycles. The molecule has 1 unspecified atom stereocenters. The molecule has 0 saturated heterocycles. The van der Waals surface area contributed by atoms with E-state index in [0.29, 0.717) is 6.42 Å². The molecule has 0 saturated carbocycles. The van der Waals surface area contributed by atoms with E-state index >= 15 is 0 Å². The Labute approximate surface area is 111 Å². The Morgan fingerprint density at radius 3 is 2.58 bits per heavy atom. The Balaban J connectivity index is 3.10. The molecule has 0 heterocycles. The summed E-state index contributed by atoms with van der Waals surface area (Å²) < 4.78 is 26.6. The van der Waals surface area contributed by atoms with Gasteiger partial charge in [-0.15, -0.1) is 0 Å². The van der Waals surface area contributed by atoms with Crippen LogP contribution in [0.3, 0.4) is 0 Å². The van der Waals surface area contributed by atoms with E-state index in [1.165, 1.54) is 18.2 Å². The van der Waals surface area contributed by atoms with Gasteiger partial charge in [-0.3, -0.25) is 10.1 Å². The Morgan fingerprint density at radius 1 is 1.42 bits per heavy atom. The van der Waals surface area contributed by atoms with Crippen LogP contribution >= 0.6 is 0 Å². The number of aliphatic hydroxyl groups is 1. The second-order valence-corrected chi connectivity index (χ2v) is 5.65. The van der Waals surface area contributed by atoms with Crippen LogP contribution in [-0.4, -0.2) is 31.1 Å². The molecule has 1 aromatic carbocycles. The highest BCUT2D eigenvalue weighted by atomic mass is 32.2. The number of nitro benzene ring substituents is 1. The summed E-state index contributed by atoms with van der Waals surface area (Å²) in [5.74, 6) is 0. The number of nitrogens with zero attached hydrogens (tertiary/aromatic N) is 1. The first-order chi connectivity index (χ1) is 8.92. The van der Waals surface area contributed by atoms with Gasteiger partial charge in [-0.05, 0) is 18.9 Å². The number of sulfonamides is 1. The van der Waals surface area contributed by atoms with E-state index in [1.807, 2.05) is 0 Å². The lowest BCUT2D eigenvalue weighted by atomic mass is 10.2. The Hall–Kier alpha value is -1.51. The van der Waals surface area contributed by atoms with Gasteiger partial charge in [0.2, 0.25) is 10.0 Å². The minimum atomic E-state index is -3.97. The van der Waals surface area contributed by atoms with Gasteiger partial charge in [-0.1, -0.05) is 19.1 Å². The molecule has 1 atom stereocenters. The smallest absolute Gasteiger partial charge is 0.289 e. The summed E-state index contributed by atoms with van der Waals surface area (Å²) in [6, 6.07) is 4.71. The summed E-state index contributed by atoms with van der Waals surface area (Å²) in [5.41, 5.74) is -0.464. The fourth-order valence-corrected chi connectivity index (χ4v) is 3.15. The van der Waals surface area contributed by atoms with Gasteiger partial charge >= 0.3 is 0 Å². The number of hydrogen-bond donors (Lipinski definition) is 2. The van der Waals surface area contributed by atoms with E-state index in [-0.39, 0.29) is 17.9 Å². The summed E-state index contributed by atoms with van der Waals surface area (Å²) in [4.78, 5) is 9.72. The average molecular weight is 288 g/mol. The maximum absolute atomic E-state index is 12.1. The third kappa shape index (κ3) is 3.98. The van der Waals surface area contributed by atoms with Crippen molar-refractivity contribution in [3.8, 4) is 0 Å². The molecule has 0 radical (unpaired) electrons. The van der Waals surface area contributed by atoms with E-state index in [2.05, 4.69) is 4.72 Å². The van der Waals surface area contributed by atoms with E-state index in [0.717, 1.165) is 6.07 Å². The maximum Gasteiger partial charge on any atom is 0.289 e. The fraction of sp³-hybridized carbons (Fsp3) is 0.455. The van der Waals surface area contributed by atoms with Crippen LogP contribution < -0.4 is 4.72 Å². The van der Waals surface area contributed by atoms with Crippen molar-refractivity contribution in [3.63, 3.8) is 0 Å². The highest BCUT2D eigenvalue weighted by molar-refractivity contribution is 7.89. The Kier molecular flexibility index (Phi) is 5.40. The van der Waals surface area contributed by atoms with Gasteiger partial charge in [-0.25, -0.2) is 13.1 Å². The summed E-state index contributed by atoms with van der Waals surface area (Å²) in [6.45, 7) is 1.61. The van der Waals surface area contributed by atoms with Crippen LogP contribution in [0.5, 0.6) is 0 Å². The quantitative estimate of drug-likeness (QED) is 0.575. The van der Waals surface area contributed by atoms with Gasteiger partial charge in [0.15, 0.2) is 4.90 Å². The van der Waals surface area contributed by atoms with Crippen LogP contribution in [0.1, 0.15) is 19.8 Å². The van der Waals surface area contributed by atoms with Gasteiger partial charge in [0.25, 0.3) is 5.69 Å².